The van der Waals surface area contributed by atoms with Crippen molar-refractivity contribution >= 4 is 5.97 Å². The van der Waals surface area contributed by atoms with Gasteiger partial charge in [0, 0.05) is 23.6 Å². The quantitative estimate of drug-likeness (QED) is 0.0998. The van der Waals surface area contributed by atoms with E-state index in [9.17, 15) is 35.5 Å². The second-order valence-electron chi connectivity index (χ2n) is 11.2. The Kier molecular flexibility index (Phi) is 11.7. The molecule has 0 amide bonds. The molecule has 1 aliphatic carbocycles. The Bertz CT molecular complexity index is 1290. The Labute approximate surface area is 257 Å². The van der Waals surface area contributed by atoms with E-state index in [4.69, 9.17) is 14.2 Å². The van der Waals surface area contributed by atoms with Crippen molar-refractivity contribution in [3.05, 3.63) is 89.5 Å². The van der Waals surface area contributed by atoms with E-state index in [1.54, 1.807) is 24.3 Å². The summed E-state index contributed by atoms with van der Waals surface area (Å²) in [6.45, 7) is 4.81. The average molecular weight is 645 g/mol. The lowest BCUT2D eigenvalue weighted by Crippen LogP contribution is -2.39. The van der Waals surface area contributed by atoms with Gasteiger partial charge in [0.1, 0.15) is 29.1 Å². The molecule has 0 N–H and O–H groups in total. The number of ether oxygens (including phenoxy) is 4. The molecule has 1 aliphatic heterocycles. The van der Waals surface area contributed by atoms with Gasteiger partial charge in [0.05, 0.1) is 24.7 Å². The molecule has 5 nitrogen and oxygen atoms in total. The largest absolute Gasteiger partial charge is 0.459 e. The van der Waals surface area contributed by atoms with Crippen LogP contribution < -0.4 is 4.74 Å². The third kappa shape index (κ3) is 9.56. The number of rotatable bonds is 12. The van der Waals surface area contributed by atoms with Crippen LogP contribution in [0.2, 0.25) is 0 Å². The summed E-state index contributed by atoms with van der Waals surface area (Å²) in [5, 5.41) is 0. The summed E-state index contributed by atoms with van der Waals surface area (Å²) in [5.41, 5.74) is -1.18. The number of hydrogen-bond donors (Lipinski definition) is 0. The summed E-state index contributed by atoms with van der Waals surface area (Å²) in [6.07, 6.45) is -0.614. The van der Waals surface area contributed by atoms with Crippen molar-refractivity contribution in [2.75, 3.05) is 13.2 Å². The first-order valence-electron chi connectivity index (χ1n) is 14.8. The van der Waals surface area contributed by atoms with Crippen molar-refractivity contribution in [1.29, 1.82) is 0 Å². The van der Waals surface area contributed by atoms with Crippen molar-refractivity contribution in [2.24, 2.45) is 11.8 Å². The fourth-order valence-corrected chi connectivity index (χ4v) is 5.32. The van der Waals surface area contributed by atoms with E-state index in [-0.39, 0.29) is 49.3 Å². The molecule has 2 fully saturated rings. The second kappa shape index (κ2) is 15.3. The Hall–Kier alpha value is -3.38. The third-order valence-corrected chi connectivity index (χ3v) is 7.81. The van der Waals surface area contributed by atoms with E-state index in [0.29, 0.717) is 13.2 Å². The zero-order chi connectivity index (χ0) is 32.6. The second-order valence-corrected chi connectivity index (χ2v) is 11.2. The zero-order valence-electron chi connectivity index (χ0n) is 24.5. The molecular weight excluding hydrogens is 609 g/mol. The van der Waals surface area contributed by atoms with Crippen molar-refractivity contribution < 1.29 is 54.5 Å². The van der Waals surface area contributed by atoms with Gasteiger partial charge in [-0.05, 0) is 63.5 Å². The highest BCUT2D eigenvalue weighted by Gasteiger charge is 2.45. The van der Waals surface area contributed by atoms with Gasteiger partial charge < -0.3 is 18.9 Å². The summed E-state index contributed by atoms with van der Waals surface area (Å²) in [5.74, 6) is -6.93. The number of carbonyl (C=O) groups is 1. The number of unbranched alkanes of at least 4 members (excludes halogenated alkanes) is 1. The monoisotopic (exact) mass is 644 g/mol. The summed E-state index contributed by atoms with van der Waals surface area (Å²) >= 11 is 0. The van der Waals surface area contributed by atoms with Gasteiger partial charge in [0.15, 0.2) is 6.29 Å². The lowest BCUT2D eigenvalue weighted by Gasteiger charge is -2.33. The van der Waals surface area contributed by atoms with Crippen molar-refractivity contribution in [2.45, 2.75) is 76.0 Å². The first kappa shape index (κ1) is 34.5. The molecule has 0 radical (unpaired) electrons. The molecule has 0 aromatic heterocycles. The molecule has 0 atom stereocenters. The van der Waals surface area contributed by atoms with Crippen molar-refractivity contribution in [3.63, 3.8) is 0 Å². The van der Waals surface area contributed by atoms with Crippen LogP contribution in [0.5, 0.6) is 5.75 Å². The lowest BCUT2D eigenvalue weighted by atomic mass is 9.86. The van der Waals surface area contributed by atoms with E-state index < -0.39 is 59.5 Å². The molecule has 1 heterocycles. The Morgan fingerprint density at radius 2 is 1.49 bits per heavy atom. The molecule has 2 aromatic rings. The van der Waals surface area contributed by atoms with Crippen LogP contribution in [0.3, 0.4) is 0 Å². The maximum atomic E-state index is 14.7. The standard InChI is InChI=1S/C33H35F7O5/c1-2-3-4-5-6-7-8-21-19-42-31(43-20-21)23-11-9-22(10-12-23)30(41)44-25-15-13-24(14-16-25)33(39,40)45-26-17-27(34)29(28(35)18-26)32(36,37)38/h2,5-6,9-12,17-18,21,24-25,31H,1,3-4,7-8,13-16,19-20H2/b6-5+. The van der Waals surface area contributed by atoms with Crippen LogP contribution in [0.15, 0.2) is 61.2 Å². The maximum Gasteiger partial charge on any atom is 0.422 e. The van der Waals surface area contributed by atoms with Crippen LogP contribution in [0.1, 0.15) is 79.1 Å². The van der Waals surface area contributed by atoms with Gasteiger partial charge in [-0.25, -0.2) is 13.6 Å². The summed E-state index contributed by atoms with van der Waals surface area (Å²) in [7, 11) is 0. The third-order valence-electron chi connectivity index (χ3n) is 7.81. The SMILES string of the molecule is C=CCC/C=C/CCC1COC(c2ccc(C(=O)OC3CCC(C(F)(F)Oc4cc(F)c(C(F)(F)F)c(F)c4)CC3)cc2)OC1. The number of allylic oxidation sites excluding steroid dienone is 3. The molecule has 2 aromatic carbocycles. The molecule has 0 bridgehead atoms. The van der Waals surface area contributed by atoms with Gasteiger partial charge in [-0.2, -0.15) is 22.0 Å². The molecule has 1 saturated heterocycles. The van der Waals surface area contributed by atoms with Crippen LogP contribution in [-0.4, -0.2) is 31.4 Å². The molecule has 1 saturated carbocycles. The van der Waals surface area contributed by atoms with E-state index in [2.05, 4.69) is 23.5 Å². The van der Waals surface area contributed by atoms with Crippen LogP contribution in [0.25, 0.3) is 0 Å². The number of carbonyl (C=O) groups excluding carboxylic acids is 1. The summed E-state index contributed by atoms with van der Waals surface area (Å²) < 4.78 is 117. The predicted molar refractivity (Wildman–Crippen MR) is 150 cm³/mol. The van der Waals surface area contributed by atoms with Crippen LogP contribution in [-0.2, 0) is 20.4 Å². The number of hydrogen-bond acceptors (Lipinski definition) is 5. The van der Waals surface area contributed by atoms with Crippen LogP contribution in [0, 0.1) is 23.5 Å². The summed E-state index contributed by atoms with van der Waals surface area (Å²) in [6, 6.07) is 6.70. The molecular formula is C33H35F7O5. The number of benzene rings is 2. The fraction of sp³-hybridized carbons (Fsp3) is 0.485. The topological polar surface area (TPSA) is 54.0 Å². The van der Waals surface area contributed by atoms with Crippen molar-refractivity contribution in [3.8, 4) is 5.75 Å². The number of halogens is 7. The van der Waals surface area contributed by atoms with E-state index in [1.807, 2.05) is 6.08 Å². The summed E-state index contributed by atoms with van der Waals surface area (Å²) in [4.78, 5) is 12.7. The lowest BCUT2D eigenvalue weighted by molar-refractivity contribution is -0.224. The Morgan fingerprint density at radius 3 is 2.07 bits per heavy atom. The minimum Gasteiger partial charge on any atom is -0.459 e. The molecule has 0 spiro atoms. The molecule has 2 aliphatic rings. The molecule has 12 heteroatoms. The average Bonchev–Trinajstić information content (AvgIpc) is 2.98. The van der Waals surface area contributed by atoms with Gasteiger partial charge >= 0.3 is 18.3 Å². The highest BCUT2D eigenvalue weighted by atomic mass is 19.4. The van der Waals surface area contributed by atoms with Gasteiger partial charge in [-0.1, -0.05) is 30.4 Å². The van der Waals surface area contributed by atoms with Gasteiger partial charge in [0.2, 0.25) is 0 Å². The van der Waals surface area contributed by atoms with Crippen molar-refractivity contribution in [1.82, 2.24) is 0 Å². The molecule has 45 heavy (non-hydrogen) atoms. The normalized spacial score (nSPS) is 22.7. The zero-order valence-corrected chi connectivity index (χ0v) is 24.5. The van der Waals surface area contributed by atoms with Gasteiger partial charge in [-0.15, -0.1) is 6.58 Å². The van der Waals surface area contributed by atoms with E-state index in [1.165, 1.54) is 0 Å². The fourth-order valence-electron chi connectivity index (χ4n) is 5.32. The van der Waals surface area contributed by atoms with Gasteiger partial charge in [-0.3, -0.25) is 0 Å². The smallest absolute Gasteiger partial charge is 0.422 e. The molecule has 246 valence electrons. The maximum absolute atomic E-state index is 14.7. The highest BCUT2D eigenvalue weighted by Crippen LogP contribution is 2.41. The highest BCUT2D eigenvalue weighted by molar-refractivity contribution is 5.89. The Balaban J connectivity index is 1.21. The Morgan fingerprint density at radius 1 is 0.889 bits per heavy atom. The van der Waals surface area contributed by atoms with E-state index >= 15 is 0 Å². The molecule has 0 unspecified atom stereocenters. The first-order chi connectivity index (χ1) is 21.4. The number of esters is 1. The number of alkyl halides is 5. The minimum absolute atomic E-state index is 0.0682. The molecule has 4 rings (SSSR count). The first-order valence-corrected chi connectivity index (χ1v) is 14.8. The minimum atomic E-state index is -5.33. The van der Waals surface area contributed by atoms with Gasteiger partial charge in [0.25, 0.3) is 0 Å². The van der Waals surface area contributed by atoms with Crippen LogP contribution in [0.4, 0.5) is 30.7 Å². The van der Waals surface area contributed by atoms with E-state index in [0.717, 1.165) is 31.2 Å². The predicted octanol–water partition coefficient (Wildman–Crippen LogP) is 9.34. The van der Waals surface area contributed by atoms with Crippen LogP contribution >= 0.6 is 0 Å².